The van der Waals surface area contributed by atoms with Gasteiger partial charge in [-0.05, 0) is 93.9 Å². The Morgan fingerprint density at radius 3 is 1.16 bits per heavy atom. The van der Waals surface area contributed by atoms with E-state index in [0.717, 1.165) is 38.8 Å². The van der Waals surface area contributed by atoms with Crippen molar-refractivity contribution in [2.24, 2.45) is 0 Å². The maximum Gasteiger partial charge on any atom is 0.306 e. The van der Waals surface area contributed by atoms with Crippen LogP contribution in [0.5, 0.6) is 0 Å². The molecule has 186 valence electrons. The summed E-state index contributed by atoms with van der Waals surface area (Å²) in [6, 6.07) is 0. The first-order valence-corrected chi connectivity index (χ1v) is 12.5. The molecule has 0 atom stereocenters. The summed E-state index contributed by atoms with van der Waals surface area (Å²) in [6.07, 6.45) is 7.23. The molecule has 6 nitrogen and oxygen atoms in total. The Morgan fingerprint density at radius 2 is 0.875 bits per heavy atom. The van der Waals surface area contributed by atoms with Crippen LogP contribution in [-0.2, 0) is 19.1 Å². The highest BCUT2D eigenvalue weighted by Crippen LogP contribution is 2.38. The van der Waals surface area contributed by atoms with Crippen LogP contribution in [0.15, 0.2) is 0 Å². The minimum atomic E-state index is -0.326. The van der Waals surface area contributed by atoms with E-state index in [0.29, 0.717) is 13.2 Å². The van der Waals surface area contributed by atoms with Gasteiger partial charge in [-0.25, -0.2) is 0 Å². The second-order valence-electron chi connectivity index (χ2n) is 12.2. The van der Waals surface area contributed by atoms with E-state index in [1.165, 1.54) is 12.8 Å². The van der Waals surface area contributed by atoms with Crippen LogP contribution in [0.2, 0.25) is 0 Å². The number of esters is 2. The van der Waals surface area contributed by atoms with Gasteiger partial charge in [0.25, 0.3) is 0 Å². The molecule has 2 aliphatic heterocycles. The van der Waals surface area contributed by atoms with E-state index in [-0.39, 0.29) is 46.9 Å². The van der Waals surface area contributed by atoms with Gasteiger partial charge in [-0.3, -0.25) is 19.4 Å². The van der Waals surface area contributed by atoms with E-state index < -0.39 is 0 Å². The Hall–Kier alpha value is -1.14. The summed E-state index contributed by atoms with van der Waals surface area (Å²) in [6.45, 7) is 20.3. The molecule has 0 aromatic heterocycles. The maximum atomic E-state index is 12.1. The van der Waals surface area contributed by atoms with Crippen LogP contribution in [0.3, 0.4) is 0 Å². The molecule has 0 amide bonds. The fraction of sp³-hybridized carbons (Fsp3) is 0.923. The van der Waals surface area contributed by atoms with Crippen LogP contribution < -0.4 is 0 Å². The molecule has 2 fully saturated rings. The number of carbonyl (C=O) groups is 2. The number of nitrogens with zero attached hydrogens (tertiary/aromatic N) is 2. The highest BCUT2D eigenvalue weighted by Gasteiger charge is 2.41. The zero-order valence-corrected chi connectivity index (χ0v) is 22.0. The Balaban J connectivity index is 1.67. The quantitative estimate of drug-likeness (QED) is 0.462. The number of ether oxygens (including phenoxy) is 2. The van der Waals surface area contributed by atoms with E-state index in [4.69, 9.17) is 9.47 Å². The van der Waals surface area contributed by atoms with Crippen molar-refractivity contribution in [1.82, 2.24) is 9.80 Å². The standard InChI is InChI=1S/C26H48N2O4/c1-23(2)13-9-14-24(3,4)27(23)17-19-31-21(29)11-12-22(30)32-20-18-28-25(5,6)15-10-16-26(28,7)8/h9-20H2,1-8H3. The molecule has 2 saturated heterocycles. The molecule has 2 aliphatic rings. The van der Waals surface area contributed by atoms with Crippen LogP contribution >= 0.6 is 0 Å². The lowest BCUT2D eigenvalue weighted by Crippen LogP contribution is -2.59. The van der Waals surface area contributed by atoms with Crippen molar-refractivity contribution >= 4 is 11.9 Å². The molecule has 0 unspecified atom stereocenters. The number of hydrogen-bond donors (Lipinski definition) is 0. The predicted molar refractivity (Wildman–Crippen MR) is 129 cm³/mol. The van der Waals surface area contributed by atoms with Gasteiger partial charge in [0.15, 0.2) is 0 Å². The van der Waals surface area contributed by atoms with Gasteiger partial charge in [-0.2, -0.15) is 0 Å². The molecule has 2 rings (SSSR count). The van der Waals surface area contributed by atoms with E-state index >= 15 is 0 Å². The largest absolute Gasteiger partial charge is 0.464 e. The minimum absolute atomic E-state index is 0.0757. The smallest absolute Gasteiger partial charge is 0.306 e. The molecular weight excluding hydrogens is 404 g/mol. The molecule has 0 saturated carbocycles. The van der Waals surface area contributed by atoms with Gasteiger partial charge in [0, 0.05) is 35.2 Å². The summed E-state index contributed by atoms with van der Waals surface area (Å²) < 4.78 is 10.9. The van der Waals surface area contributed by atoms with E-state index in [1.807, 2.05) is 0 Å². The lowest BCUT2D eigenvalue weighted by molar-refractivity contribution is -0.152. The SMILES string of the molecule is CC1(C)CCCC(C)(C)N1CCOC(=O)CCC(=O)OCCN1C(C)(C)CCCC1(C)C. The Kier molecular flexibility index (Phi) is 8.82. The average Bonchev–Trinajstić information content (AvgIpc) is 2.63. The second-order valence-corrected chi connectivity index (χ2v) is 12.2. The highest BCUT2D eigenvalue weighted by molar-refractivity contribution is 5.77. The number of carbonyl (C=O) groups excluding carboxylic acids is 2. The van der Waals surface area contributed by atoms with Crippen molar-refractivity contribution in [3.63, 3.8) is 0 Å². The van der Waals surface area contributed by atoms with Gasteiger partial charge >= 0.3 is 11.9 Å². The number of likely N-dealkylation sites (tertiary alicyclic amines) is 2. The van der Waals surface area contributed by atoms with Crippen molar-refractivity contribution in [2.75, 3.05) is 26.3 Å². The van der Waals surface area contributed by atoms with Gasteiger partial charge in [0.05, 0.1) is 12.8 Å². The van der Waals surface area contributed by atoms with Crippen LogP contribution in [0.25, 0.3) is 0 Å². The van der Waals surface area contributed by atoms with Crippen LogP contribution in [0.1, 0.15) is 107 Å². The highest BCUT2D eigenvalue weighted by atomic mass is 16.5. The van der Waals surface area contributed by atoms with Gasteiger partial charge in [0.1, 0.15) is 13.2 Å². The normalized spacial score (nSPS) is 24.6. The first-order chi connectivity index (χ1) is 14.7. The first kappa shape index (κ1) is 27.1. The Bertz CT molecular complexity index is 566. The fourth-order valence-corrected chi connectivity index (χ4v) is 6.15. The molecule has 0 aromatic rings. The molecule has 0 spiro atoms. The molecule has 2 heterocycles. The van der Waals surface area contributed by atoms with Crippen molar-refractivity contribution < 1.29 is 19.1 Å². The minimum Gasteiger partial charge on any atom is -0.464 e. The maximum absolute atomic E-state index is 12.1. The summed E-state index contributed by atoms with van der Waals surface area (Å²) in [5.41, 5.74) is 0.426. The number of piperidine rings is 2. The number of rotatable bonds is 9. The zero-order chi connectivity index (χ0) is 24.2. The van der Waals surface area contributed by atoms with Crippen LogP contribution in [0, 0.1) is 0 Å². The second kappa shape index (κ2) is 10.4. The third-order valence-corrected chi connectivity index (χ3v) is 7.77. The monoisotopic (exact) mass is 452 g/mol. The van der Waals surface area contributed by atoms with Crippen molar-refractivity contribution in [1.29, 1.82) is 0 Å². The summed E-state index contributed by atoms with van der Waals surface area (Å²) in [7, 11) is 0. The lowest BCUT2D eigenvalue weighted by Gasteiger charge is -2.53. The third-order valence-electron chi connectivity index (χ3n) is 7.77. The van der Waals surface area contributed by atoms with Gasteiger partial charge in [-0.15, -0.1) is 0 Å². The average molecular weight is 453 g/mol. The van der Waals surface area contributed by atoms with Gasteiger partial charge in [-0.1, -0.05) is 0 Å². The Morgan fingerprint density at radius 1 is 0.594 bits per heavy atom. The van der Waals surface area contributed by atoms with Crippen LogP contribution in [-0.4, -0.2) is 70.2 Å². The van der Waals surface area contributed by atoms with Crippen molar-refractivity contribution in [2.45, 2.75) is 129 Å². The fourth-order valence-electron chi connectivity index (χ4n) is 6.15. The third kappa shape index (κ3) is 7.18. The summed E-state index contributed by atoms with van der Waals surface area (Å²) >= 11 is 0. The van der Waals surface area contributed by atoms with Crippen LogP contribution in [0.4, 0.5) is 0 Å². The van der Waals surface area contributed by atoms with Gasteiger partial charge in [0.2, 0.25) is 0 Å². The van der Waals surface area contributed by atoms with E-state index in [2.05, 4.69) is 65.2 Å². The molecule has 0 bridgehead atoms. The zero-order valence-electron chi connectivity index (χ0n) is 22.0. The molecule has 0 N–H and O–H groups in total. The summed E-state index contributed by atoms with van der Waals surface area (Å²) in [4.78, 5) is 29.2. The Labute approximate surface area is 196 Å². The van der Waals surface area contributed by atoms with Crippen molar-refractivity contribution in [3.8, 4) is 0 Å². The van der Waals surface area contributed by atoms with Crippen molar-refractivity contribution in [3.05, 3.63) is 0 Å². The molecule has 0 radical (unpaired) electrons. The molecule has 0 aromatic carbocycles. The summed E-state index contributed by atoms with van der Waals surface area (Å²) in [5.74, 6) is -0.652. The van der Waals surface area contributed by atoms with Gasteiger partial charge < -0.3 is 9.47 Å². The first-order valence-electron chi connectivity index (χ1n) is 12.5. The number of hydrogen-bond acceptors (Lipinski definition) is 6. The topological polar surface area (TPSA) is 59.1 Å². The molecule has 0 aliphatic carbocycles. The predicted octanol–water partition coefficient (Wildman–Crippen LogP) is 4.94. The van der Waals surface area contributed by atoms with E-state index in [1.54, 1.807) is 0 Å². The summed E-state index contributed by atoms with van der Waals surface area (Å²) in [5, 5.41) is 0. The lowest BCUT2D eigenvalue weighted by atomic mass is 9.80. The van der Waals surface area contributed by atoms with E-state index in [9.17, 15) is 9.59 Å². The molecular formula is C26H48N2O4. The molecule has 6 heteroatoms. The molecule has 32 heavy (non-hydrogen) atoms.